The predicted molar refractivity (Wildman–Crippen MR) is 72.5 cm³/mol. The molecule has 0 aliphatic carbocycles. The highest BCUT2D eigenvalue weighted by Gasteiger charge is 2.14. The summed E-state index contributed by atoms with van der Waals surface area (Å²) >= 11 is 5.83. The second-order valence-corrected chi connectivity index (χ2v) is 4.51. The van der Waals surface area contributed by atoms with Crippen LogP contribution in [0.1, 0.15) is 20.7 Å². The zero-order chi connectivity index (χ0) is 14.9. The average Bonchev–Trinajstić information content (AvgIpc) is 2.40. The zero-order valence-electron chi connectivity index (χ0n) is 10.0. The number of aromatic hydroxyl groups is 1. The van der Waals surface area contributed by atoms with Gasteiger partial charge in [-0.2, -0.15) is 0 Å². The fourth-order valence-corrected chi connectivity index (χ4v) is 1.94. The number of carboxylic acids is 2. The number of aromatic carboxylic acids is 2. The first kappa shape index (κ1) is 13.9. The summed E-state index contributed by atoms with van der Waals surface area (Å²) in [6, 6.07) is 7.87. The van der Waals surface area contributed by atoms with E-state index < -0.39 is 11.9 Å². The topological polar surface area (TPSA) is 94.8 Å². The number of carbonyl (C=O) groups is 2. The van der Waals surface area contributed by atoms with Gasteiger partial charge in [-0.15, -0.1) is 0 Å². The van der Waals surface area contributed by atoms with Gasteiger partial charge in [0, 0.05) is 10.6 Å². The van der Waals surface area contributed by atoms with Crippen molar-refractivity contribution in [3.8, 4) is 16.9 Å². The van der Waals surface area contributed by atoms with Crippen molar-refractivity contribution >= 4 is 23.5 Å². The van der Waals surface area contributed by atoms with E-state index in [9.17, 15) is 14.7 Å². The Labute approximate surface area is 118 Å². The fourth-order valence-electron chi connectivity index (χ4n) is 1.77. The van der Waals surface area contributed by atoms with E-state index in [1.54, 1.807) is 0 Å². The van der Waals surface area contributed by atoms with Crippen molar-refractivity contribution in [1.29, 1.82) is 0 Å². The molecule has 0 saturated heterocycles. The number of hydrogen-bond donors (Lipinski definition) is 3. The molecule has 0 amide bonds. The second-order valence-electron chi connectivity index (χ2n) is 4.07. The standard InChI is InChI=1S/C14H9ClO5/c15-10-1-2-12(16)11(6-10)7-3-8(13(17)18)5-9(4-7)14(19)20/h1-6,16H,(H,17,18)(H,19,20). The number of carboxylic acid groups (broad SMARTS) is 2. The van der Waals surface area contributed by atoms with Gasteiger partial charge in [0.05, 0.1) is 11.1 Å². The zero-order valence-corrected chi connectivity index (χ0v) is 10.8. The maximum Gasteiger partial charge on any atom is 0.335 e. The minimum Gasteiger partial charge on any atom is -0.507 e. The van der Waals surface area contributed by atoms with E-state index in [-0.39, 0.29) is 28.0 Å². The highest BCUT2D eigenvalue weighted by atomic mass is 35.5. The summed E-state index contributed by atoms with van der Waals surface area (Å²) in [5, 5.41) is 28.1. The molecular weight excluding hydrogens is 284 g/mol. The molecule has 0 spiro atoms. The van der Waals surface area contributed by atoms with Crippen LogP contribution in [0.5, 0.6) is 5.75 Å². The van der Waals surface area contributed by atoms with Crippen LogP contribution < -0.4 is 0 Å². The van der Waals surface area contributed by atoms with Crippen LogP contribution in [0.2, 0.25) is 5.02 Å². The number of phenolic OH excluding ortho intramolecular Hbond substituents is 1. The summed E-state index contributed by atoms with van der Waals surface area (Å²) in [5.74, 6) is -2.62. The van der Waals surface area contributed by atoms with Crippen LogP contribution in [-0.2, 0) is 0 Å². The third kappa shape index (κ3) is 2.73. The normalized spacial score (nSPS) is 10.2. The van der Waals surface area contributed by atoms with Gasteiger partial charge in [0.2, 0.25) is 0 Å². The van der Waals surface area contributed by atoms with Crippen LogP contribution in [0.3, 0.4) is 0 Å². The molecule has 0 aromatic heterocycles. The quantitative estimate of drug-likeness (QED) is 0.808. The van der Waals surface area contributed by atoms with E-state index in [0.29, 0.717) is 5.02 Å². The van der Waals surface area contributed by atoms with Gasteiger partial charge in [0.15, 0.2) is 0 Å². The maximum absolute atomic E-state index is 11.0. The van der Waals surface area contributed by atoms with Gasteiger partial charge in [-0.1, -0.05) is 11.6 Å². The summed E-state index contributed by atoms with van der Waals surface area (Å²) in [6.07, 6.45) is 0. The van der Waals surface area contributed by atoms with E-state index in [2.05, 4.69) is 0 Å². The van der Waals surface area contributed by atoms with Gasteiger partial charge in [-0.25, -0.2) is 9.59 Å². The molecular formula is C14H9ClO5. The molecule has 2 rings (SSSR count). The van der Waals surface area contributed by atoms with Crippen molar-refractivity contribution in [3.63, 3.8) is 0 Å². The monoisotopic (exact) mass is 292 g/mol. The SMILES string of the molecule is O=C(O)c1cc(C(=O)O)cc(-c2cc(Cl)ccc2O)c1. The molecule has 20 heavy (non-hydrogen) atoms. The van der Waals surface area contributed by atoms with Crippen molar-refractivity contribution in [2.24, 2.45) is 0 Å². The maximum atomic E-state index is 11.0. The molecule has 0 radical (unpaired) electrons. The van der Waals surface area contributed by atoms with E-state index in [1.165, 1.54) is 30.3 Å². The lowest BCUT2D eigenvalue weighted by Crippen LogP contribution is -2.03. The van der Waals surface area contributed by atoms with E-state index in [0.717, 1.165) is 6.07 Å². The van der Waals surface area contributed by atoms with Crippen LogP contribution in [-0.4, -0.2) is 27.3 Å². The third-order valence-corrected chi connectivity index (χ3v) is 2.93. The smallest absolute Gasteiger partial charge is 0.335 e. The number of halogens is 1. The molecule has 2 aromatic carbocycles. The lowest BCUT2D eigenvalue weighted by atomic mass is 9.99. The second kappa shape index (κ2) is 5.22. The van der Waals surface area contributed by atoms with E-state index in [4.69, 9.17) is 21.8 Å². The lowest BCUT2D eigenvalue weighted by Gasteiger charge is -2.08. The van der Waals surface area contributed by atoms with Crippen molar-refractivity contribution < 1.29 is 24.9 Å². The third-order valence-electron chi connectivity index (χ3n) is 2.70. The molecule has 0 atom stereocenters. The lowest BCUT2D eigenvalue weighted by molar-refractivity contribution is 0.0696. The summed E-state index contributed by atoms with van der Waals surface area (Å²) in [4.78, 5) is 22.1. The van der Waals surface area contributed by atoms with Crippen LogP contribution >= 0.6 is 11.6 Å². The van der Waals surface area contributed by atoms with Gasteiger partial charge in [0.25, 0.3) is 0 Å². The molecule has 0 bridgehead atoms. The Balaban J connectivity index is 2.69. The molecule has 0 heterocycles. The van der Waals surface area contributed by atoms with Gasteiger partial charge < -0.3 is 15.3 Å². The first-order valence-electron chi connectivity index (χ1n) is 5.49. The van der Waals surface area contributed by atoms with Gasteiger partial charge in [0.1, 0.15) is 5.75 Å². The fraction of sp³-hybridized carbons (Fsp3) is 0. The Morgan fingerprint density at radius 3 is 1.95 bits per heavy atom. The first-order valence-corrected chi connectivity index (χ1v) is 5.87. The minimum atomic E-state index is -1.25. The summed E-state index contributed by atoms with van der Waals surface area (Å²) < 4.78 is 0. The molecule has 0 aliphatic heterocycles. The Hall–Kier alpha value is -2.53. The van der Waals surface area contributed by atoms with Crippen molar-refractivity contribution in [2.75, 3.05) is 0 Å². The van der Waals surface area contributed by atoms with Gasteiger partial charge >= 0.3 is 11.9 Å². The first-order chi connectivity index (χ1) is 9.38. The summed E-state index contributed by atoms with van der Waals surface area (Å²) in [6.45, 7) is 0. The van der Waals surface area contributed by atoms with Crippen LogP contribution in [0.4, 0.5) is 0 Å². The molecule has 0 aliphatic rings. The van der Waals surface area contributed by atoms with Gasteiger partial charge in [-0.3, -0.25) is 0 Å². The molecule has 6 heteroatoms. The highest BCUT2D eigenvalue weighted by Crippen LogP contribution is 2.32. The molecule has 2 aromatic rings. The average molecular weight is 293 g/mol. The Morgan fingerprint density at radius 2 is 1.45 bits per heavy atom. The van der Waals surface area contributed by atoms with Crippen molar-refractivity contribution in [3.05, 3.63) is 52.5 Å². The van der Waals surface area contributed by atoms with E-state index in [1.807, 2.05) is 0 Å². The van der Waals surface area contributed by atoms with E-state index >= 15 is 0 Å². The molecule has 3 N–H and O–H groups in total. The summed E-state index contributed by atoms with van der Waals surface area (Å²) in [7, 11) is 0. The molecule has 0 fully saturated rings. The van der Waals surface area contributed by atoms with Gasteiger partial charge in [-0.05, 0) is 42.0 Å². The number of hydrogen-bond acceptors (Lipinski definition) is 3. The highest BCUT2D eigenvalue weighted by molar-refractivity contribution is 6.31. The van der Waals surface area contributed by atoms with Crippen LogP contribution in [0.25, 0.3) is 11.1 Å². The van der Waals surface area contributed by atoms with Crippen LogP contribution in [0, 0.1) is 0 Å². The molecule has 0 unspecified atom stereocenters. The minimum absolute atomic E-state index is 0.117. The molecule has 5 nitrogen and oxygen atoms in total. The Bertz CT molecular complexity index is 676. The Kier molecular flexibility index (Phi) is 3.63. The summed E-state index contributed by atoms with van der Waals surface area (Å²) in [5.41, 5.74) is 0.170. The number of phenols is 1. The van der Waals surface area contributed by atoms with Crippen LogP contribution in [0.15, 0.2) is 36.4 Å². The Morgan fingerprint density at radius 1 is 0.900 bits per heavy atom. The number of rotatable bonds is 3. The van der Waals surface area contributed by atoms with Crippen molar-refractivity contribution in [1.82, 2.24) is 0 Å². The molecule has 0 saturated carbocycles. The number of benzene rings is 2. The predicted octanol–water partition coefficient (Wildman–Crippen LogP) is 3.11. The van der Waals surface area contributed by atoms with Crippen molar-refractivity contribution in [2.45, 2.75) is 0 Å². The molecule has 102 valence electrons. The largest absolute Gasteiger partial charge is 0.507 e.